The highest BCUT2D eigenvalue weighted by molar-refractivity contribution is 6.01. The van der Waals surface area contributed by atoms with Crippen LogP contribution in [-0.4, -0.2) is 34.6 Å². The van der Waals surface area contributed by atoms with E-state index in [9.17, 15) is 19.7 Å². The standard InChI is InChI=1S/C21H17N5O6/c1-31-17-8-14(26(29)30)6-12-7-18(32-20(12)17)21(28)24-23-9-13-10-25(11-19(22)27)16-5-3-2-4-15(13)16/h2-10H,11H2,1H3,(H2,22,27)(H,24,28)/b23-9-. The quantitative estimate of drug-likeness (QED) is 0.258. The number of carbonyl (C=O) groups excluding carboxylic acids is 2. The van der Waals surface area contributed by atoms with Crippen molar-refractivity contribution in [1.82, 2.24) is 9.99 Å². The molecule has 0 aliphatic carbocycles. The average Bonchev–Trinajstić information content (AvgIpc) is 3.35. The number of amides is 2. The van der Waals surface area contributed by atoms with Crippen LogP contribution in [0.1, 0.15) is 16.1 Å². The van der Waals surface area contributed by atoms with E-state index >= 15 is 0 Å². The lowest BCUT2D eigenvalue weighted by atomic mass is 10.2. The van der Waals surface area contributed by atoms with Crippen LogP contribution in [0, 0.1) is 10.1 Å². The van der Waals surface area contributed by atoms with E-state index in [1.807, 2.05) is 24.3 Å². The topological polar surface area (TPSA) is 155 Å². The first-order valence-electron chi connectivity index (χ1n) is 9.33. The number of aromatic nitrogens is 1. The molecule has 0 bridgehead atoms. The van der Waals surface area contributed by atoms with Gasteiger partial charge in [-0.3, -0.25) is 19.7 Å². The molecular formula is C21H17N5O6. The zero-order valence-corrected chi connectivity index (χ0v) is 16.8. The summed E-state index contributed by atoms with van der Waals surface area (Å²) in [6, 6.07) is 11.2. The van der Waals surface area contributed by atoms with E-state index in [4.69, 9.17) is 14.9 Å². The van der Waals surface area contributed by atoms with E-state index < -0.39 is 16.7 Å². The van der Waals surface area contributed by atoms with Gasteiger partial charge < -0.3 is 19.5 Å². The highest BCUT2D eigenvalue weighted by atomic mass is 16.6. The summed E-state index contributed by atoms with van der Waals surface area (Å²) in [5.41, 5.74) is 9.15. The van der Waals surface area contributed by atoms with Crippen LogP contribution in [0.25, 0.3) is 21.9 Å². The third kappa shape index (κ3) is 3.86. The Kier molecular flexibility index (Phi) is 5.29. The highest BCUT2D eigenvalue weighted by Crippen LogP contribution is 2.33. The first kappa shape index (κ1) is 20.6. The van der Waals surface area contributed by atoms with Gasteiger partial charge in [0.25, 0.3) is 5.69 Å². The van der Waals surface area contributed by atoms with Gasteiger partial charge >= 0.3 is 5.91 Å². The van der Waals surface area contributed by atoms with E-state index in [1.165, 1.54) is 31.5 Å². The van der Waals surface area contributed by atoms with Crippen LogP contribution >= 0.6 is 0 Å². The van der Waals surface area contributed by atoms with Crippen molar-refractivity contribution in [2.75, 3.05) is 7.11 Å². The number of primary amides is 1. The number of para-hydroxylation sites is 1. The largest absolute Gasteiger partial charge is 0.493 e. The van der Waals surface area contributed by atoms with Crippen LogP contribution in [0.4, 0.5) is 5.69 Å². The Morgan fingerprint density at radius 3 is 2.81 bits per heavy atom. The van der Waals surface area contributed by atoms with Crippen molar-refractivity contribution in [1.29, 1.82) is 0 Å². The van der Waals surface area contributed by atoms with Crippen molar-refractivity contribution in [2.24, 2.45) is 10.8 Å². The first-order chi connectivity index (χ1) is 15.4. The molecular weight excluding hydrogens is 418 g/mol. The van der Waals surface area contributed by atoms with Gasteiger partial charge in [0.1, 0.15) is 6.54 Å². The number of nitrogens with zero attached hydrogens (tertiary/aromatic N) is 3. The van der Waals surface area contributed by atoms with Gasteiger partial charge in [0.2, 0.25) is 5.91 Å². The maximum atomic E-state index is 12.5. The summed E-state index contributed by atoms with van der Waals surface area (Å²) in [6.45, 7) is 0.00761. The molecule has 0 fully saturated rings. The molecule has 11 heteroatoms. The van der Waals surface area contributed by atoms with Gasteiger partial charge in [-0.05, 0) is 12.1 Å². The van der Waals surface area contributed by atoms with Crippen LogP contribution in [0.15, 0.2) is 58.2 Å². The molecule has 0 aliphatic rings. The molecule has 11 nitrogen and oxygen atoms in total. The number of non-ortho nitro benzene ring substituents is 1. The molecule has 0 atom stereocenters. The Hall–Kier alpha value is -4.67. The molecule has 4 rings (SSSR count). The molecule has 2 aromatic heterocycles. The number of nitrogens with two attached hydrogens (primary N) is 1. The van der Waals surface area contributed by atoms with Crippen molar-refractivity contribution in [3.05, 3.63) is 70.1 Å². The summed E-state index contributed by atoms with van der Waals surface area (Å²) >= 11 is 0. The number of methoxy groups -OCH3 is 1. The maximum Gasteiger partial charge on any atom is 0.307 e. The number of fused-ring (bicyclic) bond motifs is 2. The number of furan rings is 1. The van der Waals surface area contributed by atoms with Crippen LogP contribution in [0.2, 0.25) is 0 Å². The van der Waals surface area contributed by atoms with E-state index in [0.29, 0.717) is 10.9 Å². The fourth-order valence-corrected chi connectivity index (χ4v) is 3.37. The van der Waals surface area contributed by atoms with Gasteiger partial charge in [-0.15, -0.1) is 0 Å². The van der Waals surface area contributed by atoms with Crippen LogP contribution in [0.5, 0.6) is 5.75 Å². The molecule has 0 saturated heterocycles. The molecule has 0 saturated carbocycles. The van der Waals surface area contributed by atoms with Crippen LogP contribution < -0.4 is 15.9 Å². The molecule has 0 spiro atoms. The van der Waals surface area contributed by atoms with Crippen molar-refractivity contribution >= 4 is 45.6 Å². The molecule has 2 amide bonds. The molecule has 0 unspecified atom stereocenters. The molecule has 2 aromatic carbocycles. The lowest BCUT2D eigenvalue weighted by molar-refractivity contribution is -0.384. The Morgan fingerprint density at radius 2 is 2.09 bits per heavy atom. The second kappa shape index (κ2) is 8.22. The normalized spacial score (nSPS) is 11.3. The monoisotopic (exact) mass is 435 g/mol. The highest BCUT2D eigenvalue weighted by Gasteiger charge is 2.19. The van der Waals surface area contributed by atoms with Gasteiger partial charge in [-0.25, -0.2) is 5.43 Å². The van der Waals surface area contributed by atoms with Crippen molar-refractivity contribution in [2.45, 2.75) is 6.54 Å². The van der Waals surface area contributed by atoms with E-state index in [-0.39, 0.29) is 29.3 Å². The Morgan fingerprint density at radius 1 is 1.31 bits per heavy atom. The van der Waals surface area contributed by atoms with Gasteiger partial charge in [0.05, 0.1) is 24.3 Å². The number of benzene rings is 2. The number of carbonyl (C=O) groups is 2. The molecule has 2 heterocycles. The third-order valence-electron chi connectivity index (χ3n) is 4.74. The zero-order valence-electron chi connectivity index (χ0n) is 16.8. The summed E-state index contributed by atoms with van der Waals surface area (Å²) < 4.78 is 12.3. The Bertz CT molecular complexity index is 1400. The summed E-state index contributed by atoms with van der Waals surface area (Å²) in [5, 5.41) is 16.2. The number of nitro groups is 1. The average molecular weight is 435 g/mol. The molecule has 32 heavy (non-hydrogen) atoms. The minimum absolute atomic E-state index is 0.00761. The van der Waals surface area contributed by atoms with Gasteiger partial charge in [-0.1, -0.05) is 18.2 Å². The number of hydrazone groups is 1. The lowest BCUT2D eigenvalue weighted by Gasteiger charge is -2.00. The molecule has 0 radical (unpaired) electrons. The van der Waals surface area contributed by atoms with E-state index in [0.717, 1.165) is 10.9 Å². The minimum atomic E-state index is -0.650. The van der Waals surface area contributed by atoms with Gasteiger partial charge in [0, 0.05) is 34.1 Å². The predicted molar refractivity (Wildman–Crippen MR) is 116 cm³/mol. The van der Waals surface area contributed by atoms with Crippen LogP contribution in [-0.2, 0) is 11.3 Å². The van der Waals surface area contributed by atoms with E-state index in [1.54, 1.807) is 10.8 Å². The number of ether oxygens (including phenoxy) is 1. The second-order valence-corrected chi connectivity index (χ2v) is 6.83. The number of hydrogen-bond acceptors (Lipinski definition) is 7. The Labute approximate surface area is 180 Å². The predicted octanol–water partition coefficient (Wildman–Crippen LogP) is 2.55. The van der Waals surface area contributed by atoms with Gasteiger partial charge in [0.15, 0.2) is 17.1 Å². The first-order valence-corrected chi connectivity index (χ1v) is 9.33. The van der Waals surface area contributed by atoms with Crippen LogP contribution in [0.3, 0.4) is 0 Å². The Balaban J connectivity index is 1.58. The zero-order chi connectivity index (χ0) is 22.8. The number of rotatable bonds is 7. The SMILES string of the molecule is COc1cc([N+](=O)[O-])cc2cc(C(=O)N/N=C\c3cn(CC(N)=O)c4ccccc34)oc12. The summed E-state index contributed by atoms with van der Waals surface area (Å²) in [7, 11) is 1.35. The van der Waals surface area contributed by atoms with Crippen molar-refractivity contribution in [3.8, 4) is 5.75 Å². The van der Waals surface area contributed by atoms with Gasteiger partial charge in [-0.2, -0.15) is 5.10 Å². The summed E-state index contributed by atoms with van der Waals surface area (Å²) in [6.07, 6.45) is 3.14. The summed E-state index contributed by atoms with van der Waals surface area (Å²) in [4.78, 5) is 34.3. The number of hydrogen-bond donors (Lipinski definition) is 2. The fraction of sp³-hybridized carbons (Fsp3) is 0.0952. The number of nitrogens with one attached hydrogen (secondary N) is 1. The smallest absolute Gasteiger partial charge is 0.307 e. The lowest BCUT2D eigenvalue weighted by Crippen LogP contribution is -2.18. The van der Waals surface area contributed by atoms with E-state index in [2.05, 4.69) is 10.5 Å². The third-order valence-corrected chi connectivity index (χ3v) is 4.74. The van der Waals surface area contributed by atoms with Crippen molar-refractivity contribution < 1.29 is 23.7 Å². The molecule has 4 aromatic rings. The molecule has 0 aliphatic heterocycles. The second-order valence-electron chi connectivity index (χ2n) is 6.83. The molecule has 3 N–H and O–H groups in total. The van der Waals surface area contributed by atoms with Crippen molar-refractivity contribution in [3.63, 3.8) is 0 Å². The summed E-state index contributed by atoms with van der Waals surface area (Å²) in [5.74, 6) is -1.09. The number of nitro benzene ring substituents is 1. The fourth-order valence-electron chi connectivity index (χ4n) is 3.37. The minimum Gasteiger partial charge on any atom is -0.493 e. The maximum absolute atomic E-state index is 12.5. The molecule has 162 valence electrons.